The van der Waals surface area contributed by atoms with Gasteiger partial charge in [-0.15, -0.1) is 0 Å². The highest BCUT2D eigenvalue weighted by Crippen LogP contribution is 2.30. The number of amides is 2. The number of aliphatic carboxylic acids is 1. The van der Waals surface area contributed by atoms with Crippen LogP contribution < -0.4 is 5.32 Å². The molecule has 1 rings (SSSR count). The molecule has 0 aliphatic heterocycles. The average Bonchev–Trinajstić information content (AvgIpc) is 2.27. The quantitative estimate of drug-likeness (QED) is 0.710. The fourth-order valence-corrected chi connectivity index (χ4v) is 2.08. The van der Waals surface area contributed by atoms with Gasteiger partial charge in [0.15, 0.2) is 0 Å². The average molecular weight is 270 g/mol. The normalized spacial score (nSPS) is 16.3. The van der Waals surface area contributed by atoms with E-state index in [1.165, 1.54) is 18.7 Å². The Morgan fingerprint density at radius 1 is 1.37 bits per heavy atom. The lowest BCUT2D eigenvalue weighted by atomic mass is 9.82. The van der Waals surface area contributed by atoms with E-state index in [1.54, 1.807) is 0 Å². The van der Waals surface area contributed by atoms with Gasteiger partial charge in [0.05, 0.1) is 0 Å². The minimum absolute atomic E-state index is 0.134. The van der Waals surface area contributed by atoms with Crippen LogP contribution in [-0.4, -0.2) is 46.9 Å². The lowest BCUT2D eigenvalue weighted by molar-refractivity contribution is -0.150. The molecular formula is C13H22N2O4. The molecule has 0 saturated heterocycles. The number of hydrogen-bond acceptors (Lipinski definition) is 3. The highest BCUT2D eigenvalue weighted by Gasteiger charge is 2.28. The predicted octanol–water partition coefficient (Wildman–Crippen LogP) is 0.614. The second-order valence-electron chi connectivity index (χ2n) is 5.09. The molecule has 0 aromatic rings. The van der Waals surface area contributed by atoms with Gasteiger partial charge in [-0.1, -0.05) is 6.42 Å². The number of hydrogen-bond donors (Lipinski definition) is 2. The molecule has 1 unspecified atom stereocenters. The highest BCUT2D eigenvalue weighted by molar-refractivity contribution is 5.83. The predicted molar refractivity (Wildman–Crippen MR) is 69.5 cm³/mol. The van der Waals surface area contributed by atoms with Crippen molar-refractivity contribution in [2.75, 3.05) is 13.1 Å². The molecule has 1 fully saturated rings. The number of nitrogens with zero attached hydrogens (tertiary/aromatic N) is 1. The van der Waals surface area contributed by atoms with Crippen LogP contribution in [-0.2, 0) is 14.4 Å². The summed E-state index contributed by atoms with van der Waals surface area (Å²) in [6.45, 7) is 3.40. The molecule has 6 nitrogen and oxygen atoms in total. The lowest BCUT2D eigenvalue weighted by Crippen LogP contribution is -2.47. The molecule has 0 heterocycles. The Labute approximate surface area is 113 Å². The molecule has 1 aliphatic carbocycles. The maximum absolute atomic E-state index is 12.1. The van der Waals surface area contributed by atoms with E-state index >= 15 is 0 Å². The fraction of sp³-hybridized carbons (Fsp3) is 0.769. The number of carboxylic acids is 1. The van der Waals surface area contributed by atoms with Gasteiger partial charge in [0.25, 0.3) is 0 Å². The van der Waals surface area contributed by atoms with Gasteiger partial charge in [0.2, 0.25) is 11.8 Å². The molecule has 0 radical (unpaired) electrons. The Bertz CT molecular complexity index is 353. The van der Waals surface area contributed by atoms with Crippen molar-refractivity contribution in [2.45, 2.75) is 45.6 Å². The first-order valence-electron chi connectivity index (χ1n) is 6.68. The Morgan fingerprint density at radius 2 is 2.00 bits per heavy atom. The molecular weight excluding hydrogens is 248 g/mol. The van der Waals surface area contributed by atoms with E-state index in [1.807, 2.05) is 0 Å². The van der Waals surface area contributed by atoms with E-state index < -0.39 is 12.0 Å². The van der Waals surface area contributed by atoms with Crippen LogP contribution in [0, 0.1) is 5.92 Å². The fourth-order valence-electron chi connectivity index (χ4n) is 2.08. The molecule has 2 amide bonds. The zero-order chi connectivity index (χ0) is 14.4. The minimum Gasteiger partial charge on any atom is -0.480 e. The van der Waals surface area contributed by atoms with Crippen molar-refractivity contribution in [1.29, 1.82) is 0 Å². The summed E-state index contributed by atoms with van der Waals surface area (Å²) < 4.78 is 0. The van der Waals surface area contributed by atoms with Crippen molar-refractivity contribution in [3.63, 3.8) is 0 Å². The molecule has 2 N–H and O–H groups in total. The Balaban J connectivity index is 2.53. The monoisotopic (exact) mass is 270 g/mol. The second-order valence-corrected chi connectivity index (χ2v) is 5.09. The third kappa shape index (κ3) is 4.89. The maximum Gasteiger partial charge on any atom is 0.326 e. The first kappa shape index (κ1) is 15.5. The first-order valence-corrected chi connectivity index (χ1v) is 6.68. The van der Waals surface area contributed by atoms with Crippen LogP contribution in [0.3, 0.4) is 0 Å². The molecule has 0 aromatic heterocycles. The maximum atomic E-state index is 12.1. The third-order valence-corrected chi connectivity index (χ3v) is 3.56. The second kappa shape index (κ2) is 7.11. The summed E-state index contributed by atoms with van der Waals surface area (Å²) in [5.74, 6) is -0.944. The number of carboxylic acid groups (broad SMARTS) is 1. The van der Waals surface area contributed by atoms with Gasteiger partial charge in [0, 0.05) is 26.4 Å². The van der Waals surface area contributed by atoms with E-state index in [0.717, 1.165) is 19.3 Å². The molecule has 0 aromatic carbocycles. The zero-order valence-corrected chi connectivity index (χ0v) is 11.5. The topological polar surface area (TPSA) is 86.7 Å². The standard InChI is InChI=1S/C13H22N2O4/c1-9(13(18)19)15(7-6-14-10(2)16)12(17)8-11-4-3-5-11/h9,11H,3-8H2,1-2H3,(H,14,16)(H,18,19). The van der Waals surface area contributed by atoms with E-state index in [9.17, 15) is 14.4 Å². The SMILES string of the molecule is CC(=O)NCCN(C(=O)CC1CCC1)C(C)C(=O)O. The van der Waals surface area contributed by atoms with Crippen molar-refractivity contribution in [3.8, 4) is 0 Å². The number of nitrogens with one attached hydrogen (secondary N) is 1. The van der Waals surface area contributed by atoms with Crippen LogP contribution in [0.1, 0.15) is 39.5 Å². The van der Waals surface area contributed by atoms with Gasteiger partial charge < -0.3 is 15.3 Å². The molecule has 0 bridgehead atoms. The van der Waals surface area contributed by atoms with E-state index in [0.29, 0.717) is 12.3 Å². The Hall–Kier alpha value is -1.59. The van der Waals surface area contributed by atoms with Crippen molar-refractivity contribution in [2.24, 2.45) is 5.92 Å². The van der Waals surface area contributed by atoms with Gasteiger partial charge in [0.1, 0.15) is 6.04 Å². The van der Waals surface area contributed by atoms with Crippen LogP contribution in [0.4, 0.5) is 0 Å². The molecule has 108 valence electrons. The van der Waals surface area contributed by atoms with Crippen molar-refractivity contribution in [1.82, 2.24) is 10.2 Å². The smallest absolute Gasteiger partial charge is 0.326 e. The number of rotatable bonds is 7. The highest BCUT2D eigenvalue weighted by atomic mass is 16.4. The van der Waals surface area contributed by atoms with Crippen LogP contribution in [0.15, 0.2) is 0 Å². The summed E-state index contributed by atoms with van der Waals surface area (Å²) in [5, 5.41) is 11.6. The third-order valence-electron chi connectivity index (χ3n) is 3.56. The molecule has 1 saturated carbocycles. The molecule has 0 spiro atoms. The van der Waals surface area contributed by atoms with Crippen LogP contribution in [0.5, 0.6) is 0 Å². The summed E-state index contributed by atoms with van der Waals surface area (Å²) in [4.78, 5) is 35.3. The Morgan fingerprint density at radius 3 is 2.42 bits per heavy atom. The van der Waals surface area contributed by atoms with E-state index in [4.69, 9.17) is 5.11 Å². The zero-order valence-electron chi connectivity index (χ0n) is 11.5. The summed E-state index contributed by atoms with van der Waals surface area (Å²) in [6, 6.07) is -0.860. The van der Waals surface area contributed by atoms with Gasteiger partial charge >= 0.3 is 5.97 Å². The van der Waals surface area contributed by atoms with Crippen LogP contribution in [0.25, 0.3) is 0 Å². The van der Waals surface area contributed by atoms with Crippen molar-refractivity contribution < 1.29 is 19.5 Å². The lowest BCUT2D eigenvalue weighted by Gasteiger charge is -2.31. The number of carbonyl (C=O) groups is 3. The minimum atomic E-state index is -1.02. The van der Waals surface area contributed by atoms with Crippen LogP contribution in [0.2, 0.25) is 0 Å². The molecule has 1 aliphatic rings. The summed E-state index contributed by atoms with van der Waals surface area (Å²) in [6.07, 6.45) is 3.66. The van der Waals surface area contributed by atoms with Crippen molar-refractivity contribution in [3.05, 3.63) is 0 Å². The summed E-state index contributed by atoms with van der Waals surface area (Å²) >= 11 is 0. The largest absolute Gasteiger partial charge is 0.480 e. The molecule has 1 atom stereocenters. The van der Waals surface area contributed by atoms with Crippen molar-refractivity contribution >= 4 is 17.8 Å². The van der Waals surface area contributed by atoms with E-state index in [-0.39, 0.29) is 24.9 Å². The molecule has 6 heteroatoms. The van der Waals surface area contributed by atoms with Gasteiger partial charge in [-0.2, -0.15) is 0 Å². The Kier molecular flexibility index (Phi) is 5.79. The first-order chi connectivity index (χ1) is 8.91. The van der Waals surface area contributed by atoms with Gasteiger partial charge in [-0.05, 0) is 25.7 Å². The number of carbonyl (C=O) groups excluding carboxylic acids is 2. The van der Waals surface area contributed by atoms with E-state index in [2.05, 4.69) is 5.32 Å². The van der Waals surface area contributed by atoms with Gasteiger partial charge in [-0.3, -0.25) is 9.59 Å². The summed E-state index contributed by atoms with van der Waals surface area (Å²) in [5.41, 5.74) is 0. The molecule has 19 heavy (non-hydrogen) atoms. The van der Waals surface area contributed by atoms with Gasteiger partial charge in [-0.25, -0.2) is 4.79 Å². The van der Waals surface area contributed by atoms with Crippen LogP contribution >= 0.6 is 0 Å². The summed E-state index contributed by atoms with van der Waals surface area (Å²) in [7, 11) is 0.